The number of aliphatic hydroxyl groups is 20. The molecule has 21 N–H and O–H groups in total. The van der Waals surface area contributed by atoms with Crippen LogP contribution in [0.4, 0.5) is 0 Å². The van der Waals surface area contributed by atoms with Crippen LogP contribution in [-0.2, 0) is 66.3 Å². The molecule has 0 spiro atoms. The van der Waals surface area contributed by atoms with Gasteiger partial charge in [-0.2, -0.15) is 0 Å². The molecule has 0 aromatic heterocycles. The molecule has 0 amide bonds. The lowest BCUT2D eigenvalue weighted by Crippen LogP contribution is -2.68. The van der Waals surface area contributed by atoms with Crippen molar-refractivity contribution in [2.75, 3.05) is 53.2 Å². The summed E-state index contributed by atoms with van der Waals surface area (Å²) in [5.41, 5.74) is 0. The molecule has 35 nitrogen and oxygen atoms in total. The van der Waals surface area contributed by atoms with E-state index in [0.29, 0.717) is 0 Å². The Hall–Kier alpha value is -1.40. The van der Waals surface area contributed by atoms with Crippen molar-refractivity contribution in [3.05, 3.63) is 0 Å². The highest BCUT2D eigenvalue weighted by molar-refractivity contribution is 5.02. The third-order valence-corrected chi connectivity index (χ3v) is 15.0. The molecule has 21 aliphatic rings. The van der Waals surface area contributed by atoms with Gasteiger partial charge in [-0.3, -0.25) is 0 Å². The number of likely N-dealkylation sites (N-methyl/N-ethyl adjacent to an activating group) is 1. The summed E-state index contributed by atoms with van der Waals surface area (Å²) >= 11 is 0. The fraction of sp³-hybridized carbons (Fsp3) is 1.00. The maximum absolute atomic E-state index is 11.5. The standard InChI is InChI=1S/C43H73NO34/c1-44-2-9-30-16(51)23(58)37(65-9)73-31-10(3-45)67-39(25(60)18(31)53)75-33-12(5-47)69-41(27(62)20(33)55)77-35-14(7-49)71-43(29(64)22(35)57)78-36-15(8-50)70-42(28(63)21(36)56)76-34-13(6-48)68-40(26(61)19(34)54)74-32-11(4-46)66-38(72-30)24(59)17(32)52/h9-64H,2-8H2,1H3. The van der Waals surface area contributed by atoms with Crippen molar-refractivity contribution in [3.8, 4) is 0 Å². The summed E-state index contributed by atoms with van der Waals surface area (Å²) in [6, 6.07) is 0. The summed E-state index contributed by atoms with van der Waals surface area (Å²) in [5.74, 6) is 0. The summed E-state index contributed by atoms with van der Waals surface area (Å²) in [7, 11) is 1.44. The van der Waals surface area contributed by atoms with E-state index in [0.717, 1.165) is 0 Å². The summed E-state index contributed by atoms with van der Waals surface area (Å²) in [5, 5.41) is 224. The number of rotatable bonds is 8. The Morgan fingerprint density at radius 1 is 0.218 bits per heavy atom. The van der Waals surface area contributed by atoms with E-state index in [1.54, 1.807) is 0 Å². The van der Waals surface area contributed by atoms with Crippen molar-refractivity contribution < 1.29 is 168 Å². The van der Waals surface area contributed by atoms with Gasteiger partial charge in [0.25, 0.3) is 0 Å². The van der Waals surface area contributed by atoms with Crippen LogP contribution in [0.25, 0.3) is 0 Å². The van der Waals surface area contributed by atoms with Crippen molar-refractivity contribution in [1.29, 1.82) is 0 Å². The Balaban J connectivity index is 1.08. The van der Waals surface area contributed by atoms with Gasteiger partial charge in [0.15, 0.2) is 44.0 Å². The first kappa shape index (κ1) is 62.6. The molecule has 21 heterocycles. The van der Waals surface area contributed by atoms with Crippen molar-refractivity contribution in [2.24, 2.45) is 0 Å². The summed E-state index contributed by atoms with van der Waals surface area (Å²) in [6.45, 7) is -6.38. The lowest BCUT2D eigenvalue weighted by atomic mass is 9.95. The average molecular weight is 1150 g/mol. The van der Waals surface area contributed by atoms with Gasteiger partial charge in [0.2, 0.25) is 0 Å². The van der Waals surface area contributed by atoms with E-state index in [-0.39, 0.29) is 6.54 Å². The van der Waals surface area contributed by atoms with Gasteiger partial charge in [-0.05, 0) is 7.05 Å². The molecule has 14 bridgehead atoms. The quantitative estimate of drug-likeness (QED) is 0.107. The average Bonchev–Trinajstić information content (AvgIpc) is 3.44. The highest BCUT2D eigenvalue weighted by atomic mass is 16.8. The second-order valence-corrected chi connectivity index (χ2v) is 20.0. The SMILES string of the molecule is CNCC1OC2OC3C(CO)OC(OC4C(CO)OC(OC5C(CO)OC(OC6C(CO)OC(OC7C(CO)OC(OC8C(CO)OC(OC1C(O)C2O)C(O)C8O)C(O)C7O)C(O)C6O)C(O)C5O)C(O)C4O)C(O)C3O. The number of nitrogens with one attached hydrogen (secondary N) is 1. The predicted octanol–water partition coefficient (Wildman–Crippen LogP) is -15.0. The number of hydrogen-bond acceptors (Lipinski definition) is 35. The second-order valence-electron chi connectivity index (χ2n) is 20.0. The molecule has 21 aliphatic heterocycles. The molecule has 21 fully saturated rings. The minimum Gasteiger partial charge on any atom is -0.394 e. The Morgan fingerprint density at radius 2 is 0.359 bits per heavy atom. The van der Waals surface area contributed by atoms with Crippen molar-refractivity contribution >= 4 is 0 Å². The van der Waals surface area contributed by atoms with Crippen LogP contribution in [-0.4, -0.2) is 370 Å². The zero-order valence-corrected chi connectivity index (χ0v) is 41.3. The van der Waals surface area contributed by atoms with Crippen LogP contribution in [0.2, 0.25) is 0 Å². The molecule has 35 unspecified atom stereocenters. The van der Waals surface area contributed by atoms with Gasteiger partial charge >= 0.3 is 0 Å². The third-order valence-electron chi connectivity index (χ3n) is 15.0. The van der Waals surface area contributed by atoms with Gasteiger partial charge in [-0.1, -0.05) is 0 Å². The number of hydrogen-bond donors (Lipinski definition) is 21. The lowest BCUT2D eigenvalue weighted by Gasteiger charge is -2.50. The Bertz CT molecular complexity index is 1840. The molecule has 35 atom stereocenters. The summed E-state index contributed by atoms with van der Waals surface area (Å²) < 4.78 is 80.4. The molecule has 0 aliphatic carbocycles. The minimum absolute atomic E-state index is 0.227. The van der Waals surface area contributed by atoms with E-state index in [1.165, 1.54) is 7.05 Å². The monoisotopic (exact) mass is 1150 g/mol. The number of ether oxygens (including phenoxy) is 14. The first-order chi connectivity index (χ1) is 37.2. The van der Waals surface area contributed by atoms with E-state index in [9.17, 15) is 102 Å². The van der Waals surface area contributed by atoms with Gasteiger partial charge in [0, 0.05) is 6.54 Å². The zero-order chi connectivity index (χ0) is 56.8. The van der Waals surface area contributed by atoms with Gasteiger partial charge in [-0.15, -0.1) is 0 Å². The van der Waals surface area contributed by atoms with Gasteiger partial charge in [0.05, 0.1) is 39.6 Å². The van der Waals surface area contributed by atoms with E-state index in [4.69, 9.17) is 66.3 Å². The van der Waals surface area contributed by atoms with Gasteiger partial charge in [0.1, 0.15) is 171 Å². The first-order valence-electron chi connectivity index (χ1n) is 25.2. The van der Waals surface area contributed by atoms with Crippen LogP contribution in [0.15, 0.2) is 0 Å². The molecule has 0 saturated carbocycles. The topological polar surface area (TPSA) is 546 Å². The maximum atomic E-state index is 11.5. The molecule has 21 rings (SSSR count). The van der Waals surface area contributed by atoms with Crippen molar-refractivity contribution in [1.82, 2.24) is 5.32 Å². The lowest BCUT2D eigenvalue weighted by molar-refractivity contribution is -0.396. The molecular formula is C43H73NO34. The van der Waals surface area contributed by atoms with Crippen molar-refractivity contribution in [3.63, 3.8) is 0 Å². The zero-order valence-electron chi connectivity index (χ0n) is 41.3. The molecule has 454 valence electrons. The van der Waals surface area contributed by atoms with E-state index < -0.39 is 255 Å². The fourth-order valence-corrected chi connectivity index (χ4v) is 10.6. The van der Waals surface area contributed by atoms with E-state index in [2.05, 4.69) is 5.32 Å². The fourth-order valence-electron chi connectivity index (χ4n) is 10.6. The van der Waals surface area contributed by atoms with Crippen LogP contribution in [0.1, 0.15) is 0 Å². The smallest absolute Gasteiger partial charge is 0.187 e. The van der Waals surface area contributed by atoms with Crippen molar-refractivity contribution in [2.45, 2.75) is 215 Å². The Kier molecular flexibility index (Phi) is 21.4. The van der Waals surface area contributed by atoms with Gasteiger partial charge < -0.3 is 174 Å². The van der Waals surface area contributed by atoms with Crippen LogP contribution < -0.4 is 5.32 Å². The highest BCUT2D eigenvalue weighted by Gasteiger charge is 2.59. The molecule has 78 heavy (non-hydrogen) atoms. The first-order valence-corrected chi connectivity index (χ1v) is 25.2. The second kappa shape index (κ2) is 26.7. The Labute approximate surface area is 441 Å². The maximum Gasteiger partial charge on any atom is 0.187 e. The van der Waals surface area contributed by atoms with E-state index in [1.807, 2.05) is 0 Å². The molecule has 35 heteroatoms. The predicted molar refractivity (Wildman–Crippen MR) is 235 cm³/mol. The molecule has 21 saturated heterocycles. The highest BCUT2D eigenvalue weighted by Crippen LogP contribution is 2.39. The Morgan fingerprint density at radius 3 is 0.500 bits per heavy atom. The molecule has 0 aromatic rings. The molecular weight excluding hydrogens is 1070 g/mol. The van der Waals surface area contributed by atoms with E-state index >= 15 is 0 Å². The van der Waals surface area contributed by atoms with Gasteiger partial charge in [-0.25, -0.2) is 0 Å². The normalized spacial score (nSPS) is 54.8. The summed E-state index contributed by atoms with van der Waals surface area (Å²) in [6.07, 6.45) is -68.6. The van der Waals surface area contributed by atoms with Crippen LogP contribution in [0.3, 0.4) is 0 Å². The van der Waals surface area contributed by atoms with Crippen LogP contribution >= 0.6 is 0 Å². The largest absolute Gasteiger partial charge is 0.394 e. The van der Waals surface area contributed by atoms with Crippen LogP contribution in [0.5, 0.6) is 0 Å². The minimum atomic E-state index is -2.20. The summed E-state index contributed by atoms with van der Waals surface area (Å²) in [4.78, 5) is 0. The molecule has 0 aromatic carbocycles. The van der Waals surface area contributed by atoms with Crippen LogP contribution in [0, 0.1) is 0 Å². The molecule has 0 radical (unpaired) electrons. The number of aliphatic hydroxyl groups excluding tert-OH is 20. The third kappa shape index (κ3) is 12.3.